The van der Waals surface area contributed by atoms with E-state index in [2.05, 4.69) is 24.3 Å². The van der Waals surface area contributed by atoms with Gasteiger partial charge in [0.2, 0.25) is 0 Å². The molecule has 0 spiro atoms. The number of carbonyl (C=O) groups excluding carboxylic acids is 2. The van der Waals surface area contributed by atoms with Crippen LogP contribution in [0.3, 0.4) is 0 Å². The highest BCUT2D eigenvalue weighted by atomic mass is 16.5. The number of hydrogen-bond acceptors (Lipinski definition) is 3. The summed E-state index contributed by atoms with van der Waals surface area (Å²) in [6.07, 6.45) is 4.78. The van der Waals surface area contributed by atoms with Crippen molar-refractivity contribution in [3.63, 3.8) is 0 Å². The number of carbonyl (C=O) groups is 2. The normalized spacial score (nSPS) is 17.3. The molecule has 104 valence electrons. The van der Waals surface area contributed by atoms with E-state index in [-0.39, 0.29) is 11.2 Å². The van der Waals surface area contributed by atoms with Crippen LogP contribution in [0, 0.1) is 5.41 Å². The number of ketones is 1. The third kappa shape index (κ3) is 8.79. The topological polar surface area (TPSA) is 69.4 Å². The van der Waals surface area contributed by atoms with Crippen LogP contribution < -0.4 is 5.73 Å². The van der Waals surface area contributed by atoms with Gasteiger partial charge in [-0.15, -0.1) is 0 Å². The zero-order valence-corrected chi connectivity index (χ0v) is 11.9. The first-order valence-electron chi connectivity index (χ1n) is 6.39. The highest BCUT2D eigenvalue weighted by Crippen LogP contribution is 2.32. The Morgan fingerprint density at radius 2 is 2.06 bits per heavy atom. The lowest BCUT2D eigenvalue weighted by atomic mass is 9.77. The lowest BCUT2D eigenvalue weighted by Crippen LogP contribution is -2.20. The Labute approximate surface area is 110 Å². The third-order valence-electron chi connectivity index (χ3n) is 2.56. The summed E-state index contributed by atoms with van der Waals surface area (Å²) >= 11 is 0. The summed E-state index contributed by atoms with van der Waals surface area (Å²) in [5, 5.41) is 0. The number of ether oxygens (including phenoxy) is 1. The summed E-state index contributed by atoms with van der Waals surface area (Å²) in [5.74, 6) is 0.286. The van der Waals surface area contributed by atoms with Crippen molar-refractivity contribution in [1.29, 1.82) is 0 Å². The van der Waals surface area contributed by atoms with Crippen molar-refractivity contribution in [1.82, 2.24) is 0 Å². The van der Waals surface area contributed by atoms with Gasteiger partial charge in [0, 0.05) is 6.42 Å². The van der Waals surface area contributed by atoms with Crippen molar-refractivity contribution in [2.45, 2.75) is 53.4 Å². The average Bonchev–Trinajstić information content (AvgIpc) is 2.14. The number of hydrogen-bond donors (Lipinski definition) is 1. The average molecular weight is 255 g/mol. The molecule has 0 saturated carbocycles. The zero-order chi connectivity index (χ0) is 14.2. The van der Waals surface area contributed by atoms with Crippen LogP contribution in [0.5, 0.6) is 0 Å². The van der Waals surface area contributed by atoms with E-state index < -0.39 is 6.09 Å². The molecule has 18 heavy (non-hydrogen) atoms. The van der Waals surface area contributed by atoms with Gasteiger partial charge in [-0.1, -0.05) is 32.8 Å². The molecule has 0 unspecified atom stereocenters. The Morgan fingerprint density at radius 3 is 2.44 bits per heavy atom. The summed E-state index contributed by atoms with van der Waals surface area (Å²) in [6, 6.07) is 0. The molecule has 2 N–H and O–H groups in total. The molecule has 0 saturated heterocycles. The summed E-state index contributed by atoms with van der Waals surface area (Å²) in [6.45, 7) is 8.78. The molecular weight excluding hydrogens is 230 g/mol. The number of nitrogens with two attached hydrogens (primary N) is 1. The van der Waals surface area contributed by atoms with Crippen molar-refractivity contribution in [3.05, 3.63) is 11.6 Å². The van der Waals surface area contributed by atoms with E-state index in [4.69, 9.17) is 0 Å². The molecule has 0 radical (unpaired) electrons. The predicted molar refractivity (Wildman–Crippen MR) is 72.2 cm³/mol. The van der Waals surface area contributed by atoms with Gasteiger partial charge in [0.25, 0.3) is 0 Å². The SMILES string of the molecule is CC1=CC(=O)CC(C)(C)C1.CCCCOC(N)=O. The molecule has 0 aliphatic heterocycles. The molecular formula is C14H25NO3. The summed E-state index contributed by atoms with van der Waals surface area (Å²) < 4.78 is 4.42. The Morgan fingerprint density at radius 1 is 1.44 bits per heavy atom. The molecule has 4 nitrogen and oxygen atoms in total. The van der Waals surface area contributed by atoms with Crippen molar-refractivity contribution >= 4 is 11.9 Å². The van der Waals surface area contributed by atoms with Crippen LogP contribution in [0.4, 0.5) is 4.79 Å². The van der Waals surface area contributed by atoms with E-state index in [1.54, 1.807) is 6.08 Å². The number of rotatable bonds is 3. The quantitative estimate of drug-likeness (QED) is 0.787. The van der Waals surface area contributed by atoms with E-state index in [0.717, 1.165) is 19.3 Å². The predicted octanol–water partition coefficient (Wildman–Crippen LogP) is 3.20. The standard InChI is InChI=1S/C9H14O.C5H11NO2/c1-7-4-8(10)6-9(2,3)5-7;1-2-3-4-8-5(6)7/h4H,5-6H2,1-3H3;2-4H2,1H3,(H2,6,7). The Bertz CT molecular complexity index is 319. The van der Waals surface area contributed by atoms with Crippen LogP contribution in [0.2, 0.25) is 0 Å². The molecule has 1 aliphatic carbocycles. The first-order chi connectivity index (χ1) is 8.26. The maximum absolute atomic E-state index is 11.0. The number of amides is 1. The van der Waals surface area contributed by atoms with Crippen LogP contribution >= 0.6 is 0 Å². The Balaban J connectivity index is 0.000000331. The second kappa shape index (κ2) is 7.90. The van der Waals surface area contributed by atoms with Gasteiger partial charge in [-0.25, -0.2) is 4.79 Å². The number of primary amides is 1. The van der Waals surface area contributed by atoms with Gasteiger partial charge in [-0.05, 0) is 31.3 Å². The maximum Gasteiger partial charge on any atom is 0.404 e. The Kier molecular flexibility index (Phi) is 7.32. The summed E-state index contributed by atoms with van der Waals surface area (Å²) in [4.78, 5) is 20.9. The van der Waals surface area contributed by atoms with Crippen molar-refractivity contribution in [3.8, 4) is 0 Å². The van der Waals surface area contributed by atoms with Crippen LogP contribution in [0.25, 0.3) is 0 Å². The van der Waals surface area contributed by atoms with Gasteiger partial charge in [-0.3, -0.25) is 4.79 Å². The zero-order valence-electron chi connectivity index (χ0n) is 11.9. The Hall–Kier alpha value is -1.32. The molecule has 0 heterocycles. The van der Waals surface area contributed by atoms with Crippen molar-refractivity contribution in [2.75, 3.05) is 6.61 Å². The van der Waals surface area contributed by atoms with Gasteiger partial charge >= 0.3 is 6.09 Å². The fourth-order valence-corrected chi connectivity index (χ4v) is 1.98. The highest BCUT2D eigenvalue weighted by Gasteiger charge is 2.25. The van der Waals surface area contributed by atoms with E-state index in [1.165, 1.54) is 5.57 Å². The molecule has 0 aromatic carbocycles. The second-order valence-electron chi connectivity index (χ2n) is 5.50. The van der Waals surface area contributed by atoms with Crippen LogP contribution in [0.15, 0.2) is 11.6 Å². The fraction of sp³-hybridized carbons (Fsp3) is 0.714. The number of unbranched alkanes of at least 4 members (excludes halogenated alkanes) is 1. The lowest BCUT2D eigenvalue weighted by Gasteiger charge is -2.27. The molecule has 1 rings (SSSR count). The van der Waals surface area contributed by atoms with Crippen LogP contribution in [-0.4, -0.2) is 18.5 Å². The smallest absolute Gasteiger partial charge is 0.404 e. The fourth-order valence-electron chi connectivity index (χ4n) is 1.98. The molecule has 0 bridgehead atoms. The van der Waals surface area contributed by atoms with Crippen molar-refractivity contribution in [2.24, 2.45) is 11.1 Å². The molecule has 0 aromatic heterocycles. The lowest BCUT2D eigenvalue weighted by molar-refractivity contribution is -0.117. The van der Waals surface area contributed by atoms with Gasteiger partial charge in [-0.2, -0.15) is 0 Å². The van der Waals surface area contributed by atoms with E-state index in [0.29, 0.717) is 13.0 Å². The van der Waals surface area contributed by atoms with Crippen molar-refractivity contribution < 1.29 is 14.3 Å². The van der Waals surface area contributed by atoms with Gasteiger partial charge < -0.3 is 10.5 Å². The second-order valence-corrected chi connectivity index (χ2v) is 5.50. The van der Waals surface area contributed by atoms with E-state index >= 15 is 0 Å². The van der Waals surface area contributed by atoms with Gasteiger partial charge in [0.15, 0.2) is 5.78 Å². The first kappa shape index (κ1) is 16.7. The minimum Gasteiger partial charge on any atom is -0.450 e. The molecule has 1 amide bonds. The highest BCUT2D eigenvalue weighted by molar-refractivity contribution is 5.91. The van der Waals surface area contributed by atoms with Crippen LogP contribution in [0.1, 0.15) is 53.4 Å². The monoisotopic (exact) mass is 255 g/mol. The molecule has 0 atom stereocenters. The molecule has 1 aliphatic rings. The largest absolute Gasteiger partial charge is 0.450 e. The summed E-state index contributed by atoms with van der Waals surface area (Å²) in [7, 11) is 0. The molecule has 0 aromatic rings. The van der Waals surface area contributed by atoms with E-state index in [9.17, 15) is 9.59 Å². The minimum absolute atomic E-state index is 0.204. The molecule has 4 heteroatoms. The number of allylic oxidation sites excluding steroid dienone is 2. The van der Waals surface area contributed by atoms with Gasteiger partial charge in [0.1, 0.15) is 0 Å². The third-order valence-corrected chi connectivity index (χ3v) is 2.56. The molecule has 0 fully saturated rings. The minimum atomic E-state index is -0.682. The maximum atomic E-state index is 11.0. The van der Waals surface area contributed by atoms with E-state index in [1.807, 2.05) is 13.8 Å². The van der Waals surface area contributed by atoms with Crippen LogP contribution in [-0.2, 0) is 9.53 Å². The summed E-state index contributed by atoms with van der Waals surface area (Å²) in [5.41, 5.74) is 6.10. The first-order valence-corrected chi connectivity index (χ1v) is 6.39. The van der Waals surface area contributed by atoms with Gasteiger partial charge in [0.05, 0.1) is 6.61 Å².